The van der Waals surface area contributed by atoms with Gasteiger partial charge in [0.25, 0.3) is 0 Å². The Balaban J connectivity index is 1.89. The Bertz CT molecular complexity index is 159. The lowest BCUT2D eigenvalue weighted by Gasteiger charge is -2.06. The lowest BCUT2D eigenvalue weighted by molar-refractivity contribution is -0.121. The maximum absolute atomic E-state index is 11.3. The molecule has 56 valence electrons. The average Bonchev–Trinajstić information content (AvgIpc) is 2.73. The Morgan fingerprint density at radius 1 is 1.30 bits per heavy atom. The Kier molecular flexibility index (Phi) is 1.31. The Morgan fingerprint density at radius 3 is 2.30 bits per heavy atom. The molecule has 2 fully saturated rings. The highest BCUT2D eigenvalue weighted by Crippen LogP contribution is 2.37. The van der Waals surface area contributed by atoms with Crippen LogP contribution in [0, 0.1) is 11.8 Å². The maximum Gasteiger partial charge on any atom is 0.152 e. The van der Waals surface area contributed by atoms with Crippen LogP contribution in [0.2, 0.25) is 0 Å². The second-order valence-electron chi connectivity index (χ2n) is 3.54. The predicted octanol–water partition coefficient (Wildman–Crippen LogP) is 0.703. The van der Waals surface area contributed by atoms with Gasteiger partial charge in [-0.2, -0.15) is 0 Å². The first-order valence-corrected chi connectivity index (χ1v) is 4.08. The molecule has 2 aliphatic rings. The Labute approximate surface area is 60.8 Å². The van der Waals surface area contributed by atoms with E-state index < -0.39 is 0 Å². The molecular formula is C8H13NO. The van der Waals surface area contributed by atoms with Gasteiger partial charge < -0.3 is 5.73 Å². The molecule has 1 atom stereocenters. The minimum Gasteiger partial charge on any atom is -0.321 e. The van der Waals surface area contributed by atoms with Gasteiger partial charge in [-0.05, 0) is 31.6 Å². The van der Waals surface area contributed by atoms with Crippen LogP contribution in [-0.2, 0) is 4.79 Å². The van der Waals surface area contributed by atoms with Crippen molar-refractivity contribution in [3.63, 3.8) is 0 Å². The minimum absolute atomic E-state index is 0.104. The monoisotopic (exact) mass is 139 g/mol. The van der Waals surface area contributed by atoms with E-state index in [1.54, 1.807) is 0 Å². The molecular weight excluding hydrogens is 126 g/mol. The molecule has 10 heavy (non-hydrogen) atoms. The Hall–Kier alpha value is -0.370. The number of Topliss-reactive ketones (excluding diaryl/α,β-unsaturated/α-hetero) is 1. The van der Waals surface area contributed by atoms with Gasteiger partial charge in [0.2, 0.25) is 0 Å². The highest BCUT2D eigenvalue weighted by atomic mass is 16.1. The van der Waals surface area contributed by atoms with Gasteiger partial charge in [-0.3, -0.25) is 4.79 Å². The van der Waals surface area contributed by atoms with Crippen molar-refractivity contribution < 1.29 is 4.79 Å². The first kappa shape index (κ1) is 6.35. The van der Waals surface area contributed by atoms with Crippen molar-refractivity contribution in [2.24, 2.45) is 17.6 Å². The second kappa shape index (κ2) is 2.06. The zero-order valence-electron chi connectivity index (χ0n) is 6.05. The minimum atomic E-state index is -0.104. The summed E-state index contributed by atoms with van der Waals surface area (Å²) in [4.78, 5) is 11.3. The van der Waals surface area contributed by atoms with Gasteiger partial charge in [-0.25, -0.2) is 0 Å². The number of nitrogens with two attached hydrogens (primary N) is 1. The van der Waals surface area contributed by atoms with E-state index in [9.17, 15) is 4.79 Å². The molecule has 0 spiro atoms. The lowest BCUT2D eigenvalue weighted by atomic mass is 10.1. The van der Waals surface area contributed by atoms with E-state index in [0.29, 0.717) is 17.6 Å². The van der Waals surface area contributed by atoms with Crippen LogP contribution in [0.4, 0.5) is 0 Å². The molecule has 2 aliphatic carbocycles. The second-order valence-corrected chi connectivity index (χ2v) is 3.54. The molecule has 2 rings (SSSR count). The molecule has 0 heterocycles. The molecule has 0 aromatic rings. The summed E-state index contributed by atoms with van der Waals surface area (Å²) in [5.41, 5.74) is 5.71. The van der Waals surface area contributed by atoms with Crippen molar-refractivity contribution in [1.82, 2.24) is 0 Å². The lowest BCUT2D eigenvalue weighted by Crippen LogP contribution is -2.33. The van der Waals surface area contributed by atoms with Crippen LogP contribution in [0.1, 0.15) is 25.7 Å². The number of rotatable bonds is 3. The molecule has 2 heteroatoms. The standard InChI is InChI=1S/C8H13NO/c9-7(5-1-2-5)8(10)6-3-4-6/h5-7H,1-4,9H2. The van der Waals surface area contributed by atoms with Crippen LogP contribution in [0.5, 0.6) is 0 Å². The van der Waals surface area contributed by atoms with Crippen LogP contribution in [0.25, 0.3) is 0 Å². The number of ketones is 1. The fourth-order valence-corrected chi connectivity index (χ4v) is 1.33. The maximum atomic E-state index is 11.3. The van der Waals surface area contributed by atoms with Gasteiger partial charge in [0, 0.05) is 5.92 Å². The number of hydrogen-bond acceptors (Lipinski definition) is 2. The van der Waals surface area contributed by atoms with E-state index in [1.807, 2.05) is 0 Å². The molecule has 1 unspecified atom stereocenters. The third kappa shape index (κ3) is 1.08. The number of carbonyl (C=O) groups is 1. The van der Waals surface area contributed by atoms with E-state index >= 15 is 0 Å². The predicted molar refractivity (Wildman–Crippen MR) is 38.4 cm³/mol. The third-order valence-corrected chi connectivity index (χ3v) is 2.44. The highest BCUT2D eigenvalue weighted by molar-refractivity contribution is 5.88. The van der Waals surface area contributed by atoms with Gasteiger partial charge in [-0.15, -0.1) is 0 Å². The van der Waals surface area contributed by atoms with E-state index in [0.717, 1.165) is 12.8 Å². The first-order valence-electron chi connectivity index (χ1n) is 4.08. The van der Waals surface area contributed by atoms with E-state index in [1.165, 1.54) is 12.8 Å². The van der Waals surface area contributed by atoms with Crippen molar-refractivity contribution in [3.05, 3.63) is 0 Å². The van der Waals surface area contributed by atoms with Crippen molar-refractivity contribution in [2.45, 2.75) is 31.7 Å². The summed E-state index contributed by atoms with van der Waals surface area (Å²) in [6.07, 6.45) is 4.55. The molecule has 0 saturated heterocycles. The number of carbonyl (C=O) groups excluding carboxylic acids is 1. The average molecular weight is 139 g/mol. The zero-order chi connectivity index (χ0) is 7.14. The van der Waals surface area contributed by atoms with Gasteiger partial charge in [-0.1, -0.05) is 0 Å². The van der Waals surface area contributed by atoms with Gasteiger partial charge in [0.05, 0.1) is 6.04 Å². The molecule has 0 radical (unpaired) electrons. The third-order valence-electron chi connectivity index (χ3n) is 2.44. The summed E-state index contributed by atoms with van der Waals surface area (Å²) in [5.74, 6) is 1.24. The van der Waals surface area contributed by atoms with Crippen molar-refractivity contribution in [1.29, 1.82) is 0 Å². The van der Waals surface area contributed by atoms with Crippen molar-refractivity contribution >= 4 is 5.78 Å². The fraction of sp³-hybridized carbons (Fsp3) is 0.875. The van der Waals surface area contributed by atoms with E-state index in [4.69, 9.17) is 5.73 Å². The summed E-state index contributed by atoms with van der Waals surface area (Å²) in [6, 6.07) is -0.104. The first-order chi connectivity index (χ1) is 4.79. The molecule has 0 aromatic carbocycles. The quantitative estimate of drug-likeness (QED) is 0.625. The molecule has 0 amide bonds. The molecule has 0 bridgehead atoms. The molecule has 0 aromatic heterocycles. The molecule has 2 nitrogen and oxygen atoms in total. The summed E-state index contributed by atoms with van der Waals surface area (Å²) < 4.78 is 0. The summed E-state index contributed by atoms with van der Waals surface area (Å²) >= 11 is 0. The molecule has 2 N–H and O–H groups in total. The van der Waals surface area contributed by atoms with Crippen LogP contribution in [-0.4, -0.2) is 11.8 Å². The normalized spacial score (nSPS) is 28.1. The van der Waals surface area contributed by atoms with Crippen LogP contribution in [0.3, 0.4) is 0 Å². The fourth-order valence-electron chi connectivity index (χ4n) is 1.33. The van der Waals surface area contributed by atoms with E-state index in [2.05, 4.69) is 0 Å². The SMILES string of the molecule is NC(C(=O)C1CC1)C1CC1. The van der Waals surface area contributed by atoms with Crippen molar-refractivity contribution in [3.8, 4) is 0 Å². The van der Waals surface area contributed by atoms with Crippen molar-refractivity contribution in [2.75, 3.05) is 0 Å². The summed E-state index contributed by atoms with van der Waals surface area (Å²) in [6.45, 7) is 0. The zero-order valence-corrected chi connectivity index (χ0v) is 6.05. The topological polar surface area (TPSA) is 43.1 Å². The van der Waals surface area contributed by atoms with Crippen LogP contribution < -0.4 is 5.73 Å². The smallest absolute Gasteiger partial charge is 0.152 e. The van der Waals surface area contributed by atoms with Gasteiger partial charge >= 0.3 is 0 Å². The van der Waals surface area contributed by atoms with Crippen LogP contribution in [0.15, 0.2) is 0 Å². The van der Waals surface area contributed by atoms with Gasteiger partial charge in [0.1, 0.15) is 0 Å². The highest BCUT2D eigenvalue weighted by Gasteiger charge is 2.40. The van der Waals surface area contributed by atoms with Gasteiger partial charge in [0.15, 0.2) is 5.78 Å². The summed E-state index contributed by atoms with van der Waals surface area (Å²) in [5, 5.41) is 0. The summed E-state index contributed by atoms with van der Waals surface area (Å²) in [7, 11) is 0. The molecule has 0 aliphatic heterocycles. The Morgan fingerprint density at radius 2 is 1.90 bits per heavy atom. The van der Waals surface area contributed by atoms with E-state index in [-0.39, 0.29) is 6.04 Å². The van der Waals surface area contributed by atoms with Crippen LogP contribution >= 0.6 is 0 Å². The molecule has 2 saturated carbocycles. The number of hydrogen-bond donors (Lipinski definition) is 1. The largest absolute Gasteiger partial charge is 0.321 e.